The van der Waals surface area contributed by atoms with E-state index in [-0.39, 0.29) is 5.91 Å². The zero-order chi connectivity index (χ0) is 8.97. The molecule has 5 heteroatoms. The number of hydrogen-bond acceptors (Lipinski definition) is 4. The van der Waals surface area contributed by atoms with Crippen molar-refractivity contribution in [2.75, 3.05) is 12.5 Å². The maximum Gasteiger partial charge on any atom is 0.269 e. The highest BCUT2D eigenvalue weighted by Crippen LogP contribution is 2.05. The van der Waals surface area contributed by atoms with Crippen molar-refractivity contribution in [3.63, 3.8) is 0 Å². The summed E-state index contributed by atoms with van der Waals surface area (Å²) in [6.45, 7) is 0. The summed E-state index contributed by atoms with van der Waals surface area (Å²) >= 11 is 0. The minimum atomic E-state index is -0.230. The molecule has 0 bridgehead atoms. The van der Waals surface area contributed by atoms with Gasteiger partial charge in [-0.3, -0.25) is 15.6 Å². The fourth-order valence-electron chi connectivity index (χ4n) is 0.773. The number of hydrogen-bond donors (Lipinski definition) is 3. The highest BCUT2D eigenvalue weighted by molar-refractivity contribution is 5.92. The predicted octanol–water partition coefficient (Wildman–Crippen LogP) is -0.273. The van der Waals surface area contributed by atoms with Crippen molar-refractivity contribution < 1.29 is 4.79 Å². The summed E-state index contributed by atoms with van der Waals surface area (Å²) in [4.78, 5) is 14.9. The Morgan fingerprint density at radius 2 is 2.42 bits per heavy atom. The van der Waals surface area contributed by atoms with Crippen molar-refractivity contribution in [2.45, 2.75) is 0 Å². The lowest BCUT2D eigenvalue weighted by Gasteiger charge is -2.01. The van der Waals surface area contributed by atoms with Crippen LogP contribution in [0.3, 0.4) is 0 Å². The molecule has 1 rings (SSSR count). The van der Waals surface area contributed by atoms with Crippen molar-refractivity contribution in [2.24, 2.45) is 5.84 Å². The van der Waals surface area contributed by atoms with Crippen molar-refractivity contribution in [3.8, 4) is 0 Å². The first kappa shape index (κ1) is 8.48. The summed E-state index contributed by atoms with van der Waals surface area (Å²) < 4.78 is 0. The summed E-state index contributed by atoms with van der Waals surface area (Å²) in [5, 5.41) is 2.46. The number of amides is 1. The Kier molecular flexibility index (Phi) is 2.60. The lowest BCUT2D eigenvalue weighted by molar-refractivity contribution is 0.0958. The van der Waals surface area contributed by atoms with E-state index >= 15 is 0 Å². The second-order valence-electron chi connectivity index (χ2n) is 2.15. The number of nitrogens with two attached hydrogens (primary N) is 1. The van der Waals surface area contributed by atoms with Crippen LogP contribution in [0, 0.1) is 0 Å². The van der Waals surface area contributed by atoms with E-state index in [1.807, 2.05) is 0 Å². The third-order valence-electron chi connectivity index (χ3n) is 1.39. The van der Waals surface area contributed by atoms with Crippen LogP contribution in [-0.2, 0) is 0 Å². The normalized spacial score (nSPS) is 9.17. The van der Waals surface area contributed by atoms with E-state index in [1.54, 1.807) is 19.2 Å². The van der Waals surface area contributed by atoms with Crippen LogP contribution in [0.25, 0.3) is 0 Å². The molecule has 1 amide bonds. The van der Waals surface area contributed by atoms with E-state index in [0.717, 1.165) is 0 Å². The molecule has 12 heavy (non-hydrogen) atoms. The Morgan fingerprint density at radius 1 is 1.67 bits per heavy atom. The van der Waals surface area contributed by atoms with Crippen LogP contribution < -0.4 is 16.6 Å². The minimum Gasteiger partial charge on any atom is -0.354 e. The molecule has 0 unspecified atom stereocenters. The molecule has 1 aromatic heterocycles. The SMILES string of the molecule is CNC(=O)c1cc(NN)ccn1. The number of pyridine rings is 1. The second-order valence-corrected chi connectivity index (χ2v) is 2.15. The van der Waals surface area contributed by atoms with Gasteiger partial charge in [-0.05, 0) is 12.1 Å². The van der Waals surface area contributed by atoms with E-state index in [1.165, 1.54) is 6.20 Å². The van der Waals surface area contributed by atoms with Gasteiger partial charge in [-0.2, -0.15) is 0 Å². The zero-order valence-electron chi connectivity index (χ0n) is 6.66. The third kappa shape index (κ3) is 1.70. The Balaban J connectivity index is 2.93. The average molecular weight is 166 g/mol. The summed E-state index contributed by atoms with van der Waals surface area (Å²) in [7, 11) is 1.55. The lowest BCUT2D eigenvalue weighted by atomic mass is 10.3. The summed E-state index contributed by atoms with van der Waals surface area (Å²) in [5.41, 5.74) is 3.42. The maximum atomic E-state index is 11.0. The molecule has 0 aliphatic carbocycles. The van der Waals surface area contributed by atoms with Crippen molar-refractivity contribution >= 4 is 11.6 Å². The standard InChI is InChI=1S/C7H10N4O/c1-9-7(12)6-4-5(11-8)2-3-10-6/h2-4H,8H2,1H3,(H,9,12)(H,10,11). The van der Waals surface area contributed by atoms with Gasteiger partial charge in [0.2, 0.25) is 0 Å². The number of anilines is 1. The van der Waals surface area contributed by atoms with Gasteiger partial charge in [-0.15, -0.1) is 0 Å². The number of carbonyl (C=O) groups excluding carboxylic acids is 1. The largest absolute Gasteiger partial charge is 0.354 e. The van der Waals surface area contributed by atoms with Crippen LogP contribution in [0.4, 0.5) is 5.69 Å². The Bertz CT molecular complexity index is 286. The van der Waals surface area contributed by atoms with E-state index in [2.05, 4.69) is 15.7 Å². The maximum absolute atomic E-state index is 11.0. The summed E-state index contributed by atoms with van der Waals surface area (Å²) in [6, 6.07) is 3.24. The number of hydrazine groups is 1. The van der Waals surface area contributed by atoms with E-state index in [4.69, 9.17) is 5.84 Å². The first-order chi connectivity index (χ1) is 5.77. The molecule has 0 saturated carbocycles. The first-order valence-corrected chi connectivity index (χ1v) is 3.42. The van der Waals surface area contributed by atoms with Crippen LogP contribution >= 0.6 is 0 Å². The van der Waals surface area contributed by atoms with Gasteiger partial charge in [-0.1, -0.05) is 0 Å². The van der Waals surface area contributed by atoms with Crippen LogP contribution in [-0.4, -0.2) is 17.9 Å². The van der Waals surface area contributed by atoms with Gasteiger partial charge in [-0.25, -0.2) is 0 Å². The van der Waals surface area contributed by atoms with Crippen molar-refractivity contribution in [1.82, 2.24) is 10.3 Å². The monoisotopic (exact) mass is 166 g/mol. The number of rotatable bonds is 2. The Morgan fingerprint density at radius 3 is 3.00 bits per heavy atom. The third-order valence-corrected chi connectivity index (χ3v) is 1.39. The predicted molar refractivity (Wildman–Crippen MR) is 45.4 cm³/mol. The molecule has 1 heterocycles. The van der Waals surface area contributed by atoms with Gasteiger partial charge in [0.25, 0.3) is 5.91 Å². The first-order valence-electron chi connectivity index (χ1n) is 3.42. The van der Waals surface area contributed by atoms with Gasteiger partial charge in [0, 0.05) is 13.2 Å². The number of nitrogens with zero attached hydrogens (tertiary/aromatic N) is 1. The molecule has 0 aromatic carbocycles. The van der Waals surface area contributed by atoms with Gasteiger partial charge < -0.3 is 10.7 Å². The number of aromatic nitrogens is 1. The molecular weight excluding hydrogens is 156 g/mol. The van der Waals surface area contributed by atoms with E-state index in [9.17, 15) is 4.79 Å². The van der Waals surface area contributed by atoms with Crippen molar-refractivity contribution in [3.05, 3.63) is 24.0 Å². The number of nitrogen functional groups attached to an aromatic ring is 1. The topological polar surface area (TPSA) is 80.0 Å². The molecule has 0 fully saturated rings. The zero-order valence-corrected chi connectivity index (χ0v) is 6.66. The molecular formula is C7H10N4O. The van der Waals surface area contributed by atoms with Gasteiger partial charge in [0.05, 0.1) is 5.69 Å². The van der Waals surface area contributed by atoms with E-state index < -0.39 is 0 Å². The molecule has 0 aliphatic heterocycles. The highest BCUT2D eigenvalue weighted by atomic mass is 16.1. The quantitative estimate of drug-likeness (QED) is 0.417. The van der Waals surface area contributed by atoms with Gasteiger partial charge in [0.15, 0.2) is 0 Å². The van der Waals surface area contributed by atoms with Gasteiger partial charge in [0.1, 0.15) is 5.69 Å². The fourth-order valence-corrected chi connectivity index (χ4v) is 0.773. The fraction of sp³-hybridized carbons (Fsp3) is 0.143. The van der Waals surface area contributed by atoms with Crippen molar-refractivity contribution in [1.29, 1.82) is 0 Å². The molecule has 0 aliphatic rings. The van der Waals surface area contributed by atoms with Gasteiger partial charge >= 0.3 is 0 Å². The highest BCUT2D eigenvalue weighted by Gasteiger charge is 2.03. The molecule has 0 radical (unpaired) electrons. The van der Waals surface area contributed by atoms with Crippen LogP contribution in [0.15, 0.2) is 18.3 Å². The average Bonchev–Trinajstić information content (AvgIpc) is 2.17. The van der Waals surface area contributed by atoms with Crippen LogP contribution in [0.1, 0.15) is 10.5 Å². The molecule has 64 valence electrons. The molecule has 1 aromatic rings. The molecule has 0 atom stereocenters. The van der Waals surface area contributed by atoms with Crippen LogP contribution in [0.2, 0.25) is 0 Å². The number of carbonyl (C=O) groups is 1. The smallest absolute Gasteiger partial charge is 0.269 e. The molecule has 4 N–H and O–H groups in total. The Hall–Kier alpha value is -1.62. The summed E-state index contributed by atoms with van der Waals surface area (Å²) in [6.07, 6.45) is 1.51. The molecule has 0 spiro atoms. The van der Waals surface area contributed by atoms with E-state index in [0.29, 0.717) is 11.4 Å². The number of nitrogens with one attached hydrogen (secondary N) is 2. The minimum absolute atomic E-state index is 0.230. The Labute approximate surface area is 70.0 Å². The molecule has 0 saturated heterocycles. The molecule has 5 nitrogen and oxygen atoms in total. The summed E-state index contributed by atoms with van der Waals surface area (Å²) in [5.74, 6) is 4.92. The lowest BCUT2D eigenvalue weighted by Crippen LogP contribution is -2.19. The van der Waals surface area contributed by atoms with Crippen LogP contribution in [0.5, 0.6) is 0 Å². The second kappa shape index (κ2) is 3.68.